The molecule has 0 bridgehead atoms. The standard InChI is InChI=1S/C20H20ClNO5/c1-13(2)12-27-19-9-5-14(10-20(19)26-3)4-8-18(23)15-6-7-16(21)17(11-15)22(24)25/h4-11,13H,12H2,1-3H3/b8-4+. The number of hydrogen-bond acceptors (Lipinski definition) is 5. The molecule has 0 aromatic heterocycles. The van der Waals surface area contributed by atoms with E-state index in [1.165, 1.54) is 24.3 Å². The van der Waals surface area contributed by atoms with Crippen molar-refractivity contribution in [3.63, 3.8) is 0 Å². The molecule has 0 aliphatic heterocycles. The third-order valence-electron chi connectivity index (χ3n) is 3.61. The highest BCUT2D eigenvalue weighted by atomic mass is 35.5. The minimum Gasteiger partial charge on any atom is -0.493 e. The van der Waals surface area contributed by atoms with Gasteiger partial charge < -0.3 is 9.47 Å². The Morgan fingerprint density at radius 1 is 1.22 bits per heavy atom. The highest BCUT2D eigenvalue weighted by molar-refractivity contribution is 6.32. The SMILES string of the molecule is COc1cc(/C=C/C(=O)c2ccc(Cl)c([N+](=O)[O-])c2)ccc1OCC(C)C. The van der Waals surface area contributed by atoms with Crippen LogP contribution >= 0.6 is 11.6 Å². The van der Waals surface area contributed by atoms with Crippen LogP contribution in [0.5, 0.6) is 11.5 Å². The van der Waals surface area contributed by atoms with Crippen LogP contribution in [0.15, 0.2) is 42.5 Å². The van der Waals surface area contributed by atoms with Crippen molar-refractivity contribution >= 4 is 29.1 Å². The molecule has 0 aliphatic carbocycles. The summed E-state index contributed by atoms with van der Waals surface area (Å²) in [6.07, 6.45) is 2.95. The molecule has 0 radical (unpaired) electrons. The minimum absolute atomic E-state index is 0.0118. The summed E-state index contributed by atoms with van der Waals surface area (Å²) in [4.78, 5) is 22.6. The summed E-state index contributed by atoms with van der Waals surface area (Å²) in [5.41, 5.74) is 0.621. The Bertz CT molecular complexity index is 877. The van der Waals surface area contributed by atoms with E-state index in [1.54, 1.807) is 31.4 Å². The topological polar surface area (TPSA) is 78.7 Å². The second-order valence-corrected chi connectivity index (χ2v) is 6.64. The molecule has 0 aliphatic rings. The van der Waals surface area contributed by atoms with Crippen molar-refractivity contribution in [3.05, 3.63) is 68.7 Å². The number of hydrogen-bond donors (Lipinski definition) is 0. The molecule has 0 saturated carbocycles. The summed E-state index contributed by atoms with van der Waals surface area (Å²) >= 11 is 5.77. The zero-order valence-electron chi connectivity index (χ0n) is 15.3. The Hall–Kier alpha value is -2.86. The van der Waals surface area contributed by atoms with Gasteiger partial charge in [-0.05, 0) is 41.8 Å². The third kappa shape index (κ3) is 5.56. The van der Waals surface area contributed by atoms with Gasteiger partial charge in [0.25, 0.3) is 5.69 Å². The van der Waals surface area contributed by atoms with Gasteiger partial charge in [-0.3, -0.25) is 14.9 Å². The van der Waals surface area contributed by atoms with E-state index in [0.717, 1.165) is 5.56 Å². The number of benzene rings is 2. The maximum Gasteiger partial charge on any atom is 0.288 e. The number of carbonyl (C=O) groups is 1. The van der Waals surface area contributed by atoms with E-state index in [-0.39, 0.29) is 22.1 Å². The third-order valence-corrected chi connectivity index (χ3v) is 3.93. The van der Waals surface area contributed by atoms with Crippen LogP contribution in [0.3, 0.4) is 0 Å². The predicted molar refractivity (Wildman–Crippen MR) is 105 cm³/mol. The maximum absolute atomic E-state index is 12.3. The Labute approximate surface area is 162 Å². The van der Waals surface area contributed by atoms with Crippen molar-refractivity contribution in [2.75, 3.05) is 13.7 Å². The molecule has 2 rings (SSSR count). The molecule has 0 amide bonds. The lowest BCUT2D eigenvalue weighted by Crippen LogP contribution is -2.05. The van der Waals surface area contributed by atoms with Gasteiger partial charge in [0, 0.05) is 11.6 Å². The van der Waals surface area contributed by atoms with E-state index in [9.17, 15) is 14.9 Å². The highest BCUT2D eigenvalue weighted by Crippen LogP contribution is 2.29. The van der Waals surface area contributed by atoms with E-state index in [4.69, 9.17) is 21.1 Å². The number of nitrogens with zero attached hydrogens (tertiary/aromatic N) is 1. The lowest BCUT2D eigenvalue weighted by atomic mass is 10.1. The van der Waals surface area contributed by atoms with Crippen molar-refractivity contribution < 1.29 is 19.2 Å². The second-order valence-electron chi connectivity index (χ2n) is 6.24. The number of halogens is 1. The number of rotatable bonds is 8. The molecule has 6 nitrogen and oxygen atoms in total. The smallest absolute Gasteiger partial charge is 0.288 e. The van der Waals surface area contributed by atoms with E-state index in [2.05, 4.69) is 13.8 Å². The predicted octanol–water partition coefficient (Wildman–Crippen LogP) is 5.19. The number of ketones is 1. The zero-order valence-corrected chi connectivity index (χ0v) is 16.0. The first-order valence-electron chi connectivity index (χ1n) is 8.29. The molecule has 2 aromatic rings. The van der Waals surface area contributed by atoms with Crippen LogP contribution < -0.4 is 9.47 Å². The van der Waals surface area contributed by atoms with Crippen molar-refractivity contribution in [3.8, 4) is 11.5 Å². The fraction of sp³-hybridized carbons (Fsp3) is 0.250. The summed E-state index contributed by atoms with van der Waals surface area (Å²) < 4.78 is 11.0. The van der Waals surface area contributed by atoms with Crippen molar-refractivity contribution in [1.82, 2.24) is 0 Å². The molecule has 0 saturated heterocycles. The molecule has 0 spiro atoms. The zero-order chi connectivity index (χ0) is 20.0. The van der Waals surface area contributed by atoms with Crippen LogP contribution in [-0.4, -0.2) is 24.4 Å². The number of methoxy groups -OCH3 is 1. The van der Waals surface area contributed by atoms with Crippen molar-refractivity contribution in [1.29, 1.82) is 0 Å². The van der Waals surface area contributed by atoms with Crippen molar-refractivity contribution in [2.45, 2.75) is 13.8 Å². The molecule has 2 aromatic carbocycles. The molecule has 27 heavy (non-hydrogen) atoms. The van der Waals surface area contributed by atoms with Crippen LogP contribution in [0, 0.1) is 16.0 Å². The largest absolute Gasteiger partial charge is 0.493 e. The second kappa shape index (κ2) is 9.19. The highest BCUT2D eigenvalue weighted by Gasteiger charge is 2.15. The van der Waals surface area contributed by atoms with Crippen LogP contribution in [0.4, 0.5) is 5.69 Å². The minimum atomic E-state index is -0.621. The van der Waals surface area contributed by atoms with Crippen LogP contribution in [0.25, 0.3) is 6.08 Å². The van der Waals surface area contributed by atoms with Gasteiger partial charge in [0.2, 0.25) is 0 Å². The van der Waals surface area contributed by atoms with E-state index < -0.39 is 4.92 Å². The summed E-state index contributed by atoms with van der Waals surface area (Å²) in [5.74, 6) is 1.21. The summed E-state index contributed by atoms with van der Waals surface area (Å²) in [7, 11) is 1.54. The number of allylic oxidation sites excluding steroid dienone is 1. The van der Waals surface area contributed by atoms with Gasteiger partial charge in [0.05, 0.1) is 18.6 Å². The van der Waals surface area contributed by atoms with Crippen LogP contribution in [-0.2, 0) is 0 Å². The summed E-state index contributed by atoms with van der Waals surface area (Å²) in [6, 6.07) is 9.28. The molecule has 142 valence electrons. The van der Waals surface area contributed by atoms with Gasteiger partial charge in [0.1, 0.15) is 5.02 Å². The summed E-state index contributed by atoms with van der Waals surface area (Å²) in [6.45, 7) is 4.67. The number of carbonyl (C=O) groups excluding carboxylic acids is 1. The fourth-order valence-electron chi connectivity index (χ4n) is 2.24. The quantitative estimate of drug-likeness (QED) is 0.269. The van der Waals surface area contributed by atoms with Gasteiger partial charge in [-0.1, -0.05) is 37.6 Å². The average molecular weight is 390 g/mol. The van der Waals surface area contributed by atoms with Crippen LogP contribution in [0.1, 0.15) is 29.8 Å². The first-order valence-corrected chi connectivity index (χ1v) is 8.66. The van der Waals surface area contributed by atoms with E-state index >= 15 is 0 Å². The molecule has 0 heterocycles. The first kappa shape index (κ1) is 20.5. The van der Waals surface area contributed by atoms with E-state index in [0.29, 0.717) is 24.0 Å². The molecule has 0 atom stereocenters. The molecular formula is C20H20ClNO5. The Morgan fingerprint density at radius 3 is 2.59 bits per heavy atom. The average Bonchev–Trinajstić information content (AvgIpc) is 2.64. The molecule has 7 heteroatoms. The molecule has 0 unspecified atom stereocenters. The summed E-state index contributed by atoms with van der Waals surface area (Å²) in [5, 5.41) is 10.9. The van der Waals surface area contributed by atoms with Gasteiger partial charge >= 0.3 is 0 Å². The van der Waals surface area contributed by atoms with Gasteiger partial charge in [-0.15, -0.1) is 0 Å². The molecule has 0 fully saturated rings. The van der Waals surface area contributed by atoms with Gasteiger partial charge in [-0.25, -0.2) is 0 Å². The van der Waals surface area contributed by atoms with Crippen molar-refractivity contribution in [2.24, 2.45) is 5.92 Å². The number of nitro benzene ring substituents is 1. The number of nitro groups is 1. The lowest BCUT2D eigenvalue weighted by molar-refractivity contribution is -0.384. The Balaban J connectivity index is 2.18. The molecular weight excluding hydrogens is 370 g/mol. The number of ether oxygens (including phenoxy) is 2. The van der Waals surface area contributed by atoms with Gasteiger partial charge in [0.15, 0.2) is 17.3 Å². The van der Waals surface area contributed by atoms with E-state index in [1.807, 2.05) is 0 Å². The first-order chi connectivity index (χ1) is 12.8. The maximum atomic E-state index is 12.3. The monoisotopic (exact) mass is 389 g/mol. The Kier molecular flexibility index (Phi) is 6.96. The van der Waals surface area contributed by atoms with Crippen LogP contribution in [0.2, 0.25) is 5.02 Å². The molecule has 0 N–H and O–H groups in total. The fourth-order valence-corrected chi connectivity index (χ4v) is 2.42. The van der Waals surface area contributed by atoms with Gasteiger partial charge in [-0.2, -0.15) is 0 Å². The normalized spacial score (nSPS) is 11.0. The Morgan fingerprint density at radius 2 is 1.96 bits per heavy atom. The lowest BCUT2D eigenvalue weighted by Gasteiger charge is -2.12.